The predicted octanol–water partition coefficient (Wildman–Crippen LogP) is 4.34. The molecule has 1 aliphatic carbocycles. The van der Waals surface area contributed by atoms with Gasteiger partial charge in [-0.25, -0.2) is 4.98 Å². The number of nitrogens with zero attached hydrogens (tertiary/aromatic N) is 1. The molecular formula is C16H13NS. The third kappa shape index (κ3) is 2.00. The van der Waals surface area contributed by atoms with E-state index < -0.39 is 0 Å². The van der Waals surface area contributed by atoms with Gasteiger partial charge in [0, 0.05) is 22.2 Å². The highest BCUT2D eigenvalue weighted by molar-refractivity contribution is 7.81. The molecule has 0 spiro atoms. The molecule has 3 rings (SSSR count). The highest BCUT2D eigenvalue weighted by Crippen LogP contribution is 2.25. The summed E-state index contributed by atoms with van der Waals surface area (Å²) in [5.41, 5.74) is 4.39. The van der Waals surface area contributed by atoms with Gasteiger partial charge in [-0.2, -0.15) is 0 Å². The van der Waals surface area contributed by atoms with Gasteiger partial charge in [-0.05, 0) is 19.1 Å². The van der Waals surface area contributed by atoms with Gasteiger partial charge >= 0.3 is 0 Å². The number of hydrogen-bond acceptors (Lipinski definition) is 2. The lowest BCUT2D eigenvalue weighted by Crippen LogP contribution is -2.05. The number of para-hydroxylation sites is 1. The average molecular weight is 251 g/mol. The molecule has 0 bridgehead atoms. The first kappa shape index (κ1) is 11.3. The molecule has 0 unspecified atom stereocenters. The molecule has 0 amide bonds. The SMILES string of the molecule is CC1=CC=C(c2ccc3ccccc3n2)C(=S)C1. The summed E-state index contributed by atoms with van der Waals surface area (Å²) in [4.78, 5) is 5.67. The minimum atomic E-state index is 0.871. The lowest BCUT2D eigenvalue weighted by molar-refractivity contribution is 1.26. The fourth-order valence-corrected chi connectivity index (χ4v) is 2.57. The zero-order chi connectivity index (χ0) is 12.5. The summed E-state index contributed by atoms with van der Waals surface area (Å²) in [6.07, 6.45) is 5.08. The number of allylic oxidation sites excluding steroid dienone is 4. The Morgan fingerprint density at radius 1 is 1.06 bits per heavy atom. The lowest BCUT2D eigenvalue weighted by Gasteiger charge is -2.13. The summed E-state index contributed by atoms with van der Waals surface area (Å²) < 4.78 is 0. The van der Waals surface area contributed by atoms with Gasteiger partial charge in [0.15, 0.2) is 0 Å². The molecule has 88 valence electrons. The van der Waals surface area contributed by atoms with Crippen LogP contribution in [-0.2, 0) is 0 Å². The Hall–Kier alpha value is -1.80. The Bertz CT molecular complexity index is 695. The van der Waals surface area contributed by atoms with Crippen molar-refractivity contribution in [2.24, 2.45) is 0 Å². The van der Waals surface area contributed by atoms with Gasteiger partial charge < -0.3 is 0 Å². The maximum Gasteiger partial charge on any atom is 0.0721 e. The van der Waals surface area contributed by atoms with E-state index in [0.717, 1.165) is 33.5 Å². The van der Waals surface area contributed by atoms with Gasteiger partial charge in [0.2, 0.25) is 0 Å². The van der Waals surface area contributed by atoms with Crippen molar-refractivity contribution in [2.45, 2.75) is 13.3 Å². The van der Waals surface area contributed by atoms with E-state index in [1.165, 1.54) is 5.57 Å². The minimum absolute atomic E-state index is 0.871. The van der Waals surface area contributed by atoms with Crippen LogP contribution in [0.5, 0.6) is 0 Å². The summed E-state index contributed by atoms with van der Waals surface area (Å²) in [5.74, 6) is 0. The second-order valence-corrected chi connectivity index (χ2v) is 5.08. The van der Waals surface area contributed by atoms with Crippen molar-refractivity contribution < 1.29 is 0 Å². The van der Waals surface area contributed by atoms with Gasteiger partial charge in [-0.15, -0.1) is 0 Å². The molecule has 0 atom stereocenters. The largest absolute Gasteiger partial charge is 0.248 e. The van der Waals surface area contributed by atoms with Crippen LogP contribution in [0.15, 0.2) is 54.1 Å². The van der Waals surface area contributed by atoms with Crippen molar-refractivity contribution in [3.8, 4) is 0 Å². The number of fused-ring (bicyclic) bond motifs is 1. The highest BCUT2D eigenvalue weighted by atomic mass is 32.1. The molecule has 1 heterocycles. The Balaban J connectivity index is 2.12. The van der Waals surface area contributed by atoms with Gasteiger partial charge in [-0.3, -0.25) is 0 Å². The summed E-state index contributed by atoms with van der Waals surface area (Å²) in [5, 5.41) is 1.16. The normalized spacial score (nSPS) is 15.5. The van der Waals surface area contributed by atoms with Crippen molar-refractivity contribution in [3.63, 3.8) is 0 Å². The van der Waals surface area contributed by atoms with Crippen molar-refractivity contribution in [1.29, 1.82) is 0 Å². The number of aromatic nitrogens is 1. The lowest BCUT2D eigenvalue weighted by atomic mass is 9.96. The molecule has 2 heteroatoms. The Kier molecular flexibility index (Phi) is 2.80. The smallest absolute Gasteiger partial charge is 0.0721 e. The number of hydrogen-bond donors (Lipinski definition) is 0. The summed E-state index contributed by atoms with van der Waals surface area (Å²) in [6.45, 7) is 2.10. The number of rotatable bonds is 1. The van der Waals surface area contributed by atoms with Crippen LogP contribution in [-0.4, -0.2) is 9.85 Å². The first-order valence-corrected chi connectivity index (χ1v) is 6.42. The van der Waals surface area contributed by atoms with E-state index in [2.05, 4.69) is 42.3 Å². The summed E-state index contributed by atoms with van der Waals surface area (Å²) >= 11 is 5.46. The van der Waals surface area contributed by atoms with Crippen LogP contribution in [0.1, 0.15) is 19.0 Å². The van der Waals surface area contributed by atoms with Crippen LogP contribution >= 0.6 is 12.2 Å². The van der Waals surface area contributed by atoms with Crippen LogP contribution in [0.25, 0.3) is 16.5 Å². The first-order valence-electron chi connectivity index (χ1n) is 6.01. The van der Waals surface area contributed by atoms with Gasteiger partial charge in [0.25, 0.3) is 0 Å². The summed E-state index contributed by atoms with van der Waals surface area (Å²) in [7, 11) is 0. The fraction of sp³-hybridized carbons (Fsp3) is 0.125. The molecule has 1 nitrogen and oxygen atoms in total. The third-order valence-corrected chi connectivity index (χ3v) is 3.51. The number of thiocarbonyl (C=S) groups is 1. The highest BCUT2D eigenvalue weighted by Gasteiger charge is 2.13. The van der Waals surface area contributed by atoms with Gasteiger partial charge in [-0.1, -0.05) is 54.2 Å². The van der Waals surface area contributed by atoms with Crippen molar-refractivity contribution in [1.82, 2.24) is 4.98 Å². The molecule has 1 aromatic heterocycles. The van der Waals surface area contributed by atoms with Crippen molar-refractivity contribution in [2.75, 3.05) is 0 Å². The van der Waals surface area contributed by atoms with Crippen LogP contribution in [0.4, 0.5) is 0 Å². The van der Waals surface area contributed by atoms with Crippen molar-refractivity contribution >= 4 is 33.6 Å². The van der Waals surface area contributed by atoms with Crippen molar-refractivity contribution in [3.05, 3.63) is 59.8 Å². The van der Waals surface area contributed by atoms with E-state index in [-0.39, 0.29) is 0 Å². The second kappa shape index (κ2) is 4.46. The standard InChI is InChI=1S/C16H13NS/c1-11-6-8-13(16(18)10-11)15-9-7-12-4-2-3-5-14(12)17-15/h2-9H,10H2,1H3. The van der Waals surface area contributed by atoms with Crippen LogP contribution in [0.2, 0.25) is 0 Å². The van der Waals surface area contributed by atoms with Crippen LogP contribution in [0, 0.1) is 0 Å². The minimum Gasteiger partial charge on any atom is -0.248 e. The van der Waals surface area contributed by atoms with E-state index in [1.807, 2.05) is 18.2 Å². The molecule has 1 aliphatic rings. The quantitative estimate of drug-likeness (QED) is 0.699. The Morgan fingerprint density at radius 2 is 1.89 bits per heavy atom. The van der Waals surface area contributed by atoms with E-state index in [4.69, 9.17) is 12.2 Å². The van der Waals surface area contributed by atoms with E-state index in [1.54, 1.807) is 0 Å². The summed E-state index contributed by atoms with van der Waals surface area (Å²) in [6, 6.07) is 12.3. The topological polar surface area (TPSA) is 12.9 Å². The molecule has 18 heavy (non-hydrogen) atoms. The molecule has 0 radical (unpaired) electrons. The zero-order valence-corrected chi connectivity index (χ0v) is 11.0. The molecule has 1 aromatic carbocycles. The molecule has 0 aliphatic heterocycles. The van der Waals surface area contributed by atoms with E-state index in [9.17, 15) is 0 Å². The number of pyridine rings is 1. The molecule has 2 aromatic rings. The fourth-order valence-electron chi connectivity index (χ4n) is 2.17. The maximum absolute atomic E-state index is 5.46. The number of benzene rings is 1. The van der Waals surface area contributed by atoms with Crippen LogP contribution < -0.4 is 0 Å². The zero-order valence-electron chi connectivity index (χ0n) is 10.2. The Labute approximate surface area is 112 Å². The third-order valence-electron chi connectivity index (χ3n) is 3.15. The molecule has 0 saturated carbocycles. The maximum atomic E-state index is 5.46. The molecule has 0 saturated heterocycles. The predicted molar refractivity (Wildman–Crippen MR) is 80.7 cm³/mol. The van der Waals surface area contributed by atoms with Gasteiger partial charge in [0.1, 0.15) is 0 Å². The molecule has 0 fully saturated rings. The van der Waals surface area contributed by atoms with E-state index in [0.29, 0.717) is 0 Å². The molecular weight excluding hydrogens is 238 g/mol. The average Bonchev–Trinajstić information content (AvgIpc) is 2.38. The second-order valence-electron chi connectivity index (χ2n) is 4.58. The Morgan fingerprint density at radius 3 is 2.72 bits per heavy atom. The van der Waals surface area contributed by atoms with Crippen LogP contribution in [0.3, 0.4) is 0 Å². The first-order chi connectivity index (χ1) is 8.74. The van der Waals surface area contributed by atoms with E-state index >= 15 is 0 Å². The molecule has 0 N–H and O–H groups in total. The monoisotopic (exact) mass is 251 g/mol. The van der Waals surface area contributed by atoms with Gasteiger partial charge in [0.05, 0.1) is 11.2 Å².